The molecular weight excluding hydrogens is 306 g/mol. The zero-order chi connectivity index (χ0) is 14.0. The molecule has 1 aromatic rings. The third-order valence-corrected chi connectivity index (χ3v) is 4.35. The number of benzene rings is 1. The summed E-state index contributed by atoms with van der Waals surface area (Å²) in [5.41, 5.74) is 6.79. The Balaban J connectivity index is 2.17. The largest absolute Gasteiger partial charge is 0.330 e. The number of hydrogen-bond acceptors (Lipinski definition) is 2. The van der Waals surface area contributed by atoms with Gasteiger partial charge in [0.2, 0.25) is 0 Å². The van der Waals surface area contributed by atoms with Gasteiger partial charge in [-0.05, 0) is 24.1 Å². The van der Waals surface area contributed by atoms with Gasteiger partial charge < -0.3 is 15.5 Å². The molecule has 0 bridgehead atoms. The molecule has 0 saturated carbocycles. The Kier molecular flexibility index (Phi) is 4.47. The highest BCUT2D eigenvalue weighted by atomic mass is 79.9. The van der Waals surface area contributed by atoms with Crippen molar-refractivity contribution >= 4 is 22.0 Å². The maximum atomic E-state index is 12.2. The van der Waals surface area contributed by atoms with E-state index in [0.29, 0.717) is 12.5 Å². The molecule has 1 saturated heterocycles. The molecule has 2 unspecified atom stereocenters. The van der Waals surface area contributed by atoms with Crippen LogP contribution >= 0.6 is 15.9 Å². The lowest BCUT2D eigenvalue weighted by atomic mass is 10.1. The molecule has 1 heterocycles. The van der Waals surface area contributed by atoms with Gasteiger partial charge in [-0.1, -0.05) is 41.1 Å². The van der Waals surface area contributed by atoms with Crippen molar-refractivity contribution in [3.8, 4) is 0 Å². The van der Waals surface area contributed by atoms with E-state index < -0.39 is 0 Å². The quantitative estimate of drug-likeness (QED) is 0.924. The predicted molar refractivity (Wildman–Crippen MR) is 79.8 cm³/mol. The van der Waals surface area contributed by atoms with Crippen LogP contribution in [0, 0.1) is 5.92 Å². The van der Waals surface area contributed by atoms with Crippen LogP contribution in [0.1, 0.15) is 18.5 Å². The van der Waals surface area contributed by atoms with E-state index in [1.807, 2.05) is 35.0 Å². The summed E-state index contributed by atoms with van der Waals surface area (Å²) in [4.78, 5) is 15.9. The highest BCUT2D eigenvalue weighted by Crippen LogP contribution is 2.32. The van der Waals surface area contributed by atoms with E-state index in [4.69, 9.17) is 5.73 Å². The molecule has 1 fully saturated rings. The first kappa shape index (κ1) is 14.3. The van der Waals surface area contributed by atoms with Crippen molar-refractivity contribution in [2.24, 2.45) is 11.7 Å². The molecule has 2 N–H and O–H groups in total. The van der Waals surface area contributed by atoms with Gasteiger partial charge in [0.15, 0.2) is 0 Å². The molecule has 2 rings (SSSR count). The van der Waals surface area contributed by atoms with Crippen LogP contribution in [0.5, 0.6) is 0 Å². The van der Waals surface area contributed by atoms with Gasteiger partial charge in [0.05, 0.1) is 6.04 Å². The number of likely N-dealkylation sites (N-methyl/N-ethyl adjacent to an activating group) is 1. The zero-order valence-electron chi connectivity index (χ0n) is 11.3. The molecule has 5 heteroatoms. The number of urea groups is 1. The second-order valence-corrected chi connectivity index (χ2v) is 6.03. The van der Waals surface area contributed by atoms with Gasteiger partial charge >= 0.3 is 6.03 Å². The van der Waals surface area contributed by atoms with Gasteiger partial charge in [0.1, 0.15) is 0 Å². The second-order valence-electron chi connectivity index (χ2n) is 5.18. The summed E-state index contributed by atoms with van der Waals surface area (Å²) < 4.78 is 1.05. The summed E-state index contributed by atoms with van der Waals surface area (Å²) in [5.74, 6) is 0.329. The van der Waals surface area contributed by atoms with Crippen molar-refractivity contribution in [1.82, 2.24) is 9.80 Å². The Morgan fingerprint density at radius 3 is 2.79 bits per heavy atom. The van der Waals surface area contributed by atoms with Crippen LogP contribution in [0.4, 0.5) is 4.79 Å². The van der Waals surface area contributed by atoms with Gasteiger partial charge in [-0.25, -0.2) is 4.79 Å². The Morgan fingerprint density at radius 2 is 2.16 bits per heavy atom. The number of amides is 2. The maximum absolute atomic E-state index is 12.2. The molecule has 104 valence electrons. The third-order valence-electron chi connectivity index (χ3n) is 3.63. The standard InChI is InChI=1S/C14H20BrN3O/c1-10(7-16)8-18-9-13(17(2)14(18)19)11-5-3-4-6-12(11)15/h3-6,10,13H,7-9,16H2,1-2H3. The van der Waals surface area contributed by atoms with Gasteiger partial charge in [-0.3, -0.25) is 0 Å². The zero-order valence-corrected chi connectivity index (χ0v) is 12.9. The highest BCUT2D eigenvalue weighted by molar-refractivity contribution is 9.10. The number of nitrogens with two attached hydrogens (primary N) is 1. The van der Waals surface area contributed by atoms with Crippen LogP contribution < -0.4 is 5.73 Å². The van der Waals surface area contributed by atoms with Crippen molar-refractivity contribution in [3.63, 3.8) is 0 Å². The minimum atomic E-state index is 0.0843. The molecule has 2 amide bonds. The SMILES string of the molecule is CC(CN)CN1CC(c2ccccc2Br)N(C)C1=O. The van der Waals surface area contributed by atoms with Crippen LogP contribution in [0.3, 0.4) is 0 Å². The highest BCUT2D eigenvalue weighted by Gasteiger charge is 2.36. The molecular formula is C14H20BrN3O. The molecule has 1 aromatic carbocycles. The smallest absolute Gasteiger partial charge is 0.320 e. The first-order valence-corrected chi connectivity index (χ1v) is 7.30. The average Bonchev–Trinajstić information content (AvgIpc) is 2.67. The molecule has 1 aliphatic heterocycles. The predicted octanol–water partition coefficient (Wildman–Crippen LogP) is 2.45. The van der Waals surface area contributed by atoms with E-state index in [2.05, 4.69) is 28.9 Å². The molecule has 1 aliphatic rings. The van der Waals surface area contributed by atoms with Crippen molar-refractivity contribution in [1.29, 1.82) is 0 Å². The van der Waals surface area contributed by atoms with E-state index >= 15 is 0 Å². The fraction of sp³-hybridized carbons (Fsp3) is 0.500. The molecule has 4 nitrogen and oxygen atoms in total. The number of nitrogens with zero attached hydrogens (tertiary/aromatic N) is 2. The minimum Gasteiger partial charge on any atom is -0.330 e. The second kappa shape index (κ2) is 5.92. The lowest BCUT2D eigenvalue weighted by Gasteiger charge is -2.19. The molecule has 0 aliphatic carbocycles. The number of hydrogen-bond donors (Lipinski definition) is 1. The average molecular weight is 326 g/mol. The molecule has 19 heavy (non-hydrogen) atoms. The first-order chi connectivity index (χ1) is 9.04. The molecule has 0 aromatic heterocycles. The monoisotopic (exact) mass is 325 g/mol. The van der Waals surface area contributed by atoms with E-state index in [1.54, 1.807) is 0 Å². The van der Waals surface area contributed by atoms with Crippen molar-refractivity contribution < 1.29 is 4.79 Å². The Bertz CT molecular complexity index is 466. The summed E-state index contributed by atoms with van der Waals surface area (Å²) in [6.45, 7) is 4.12. The lowest BCUT2D eigenvalue weighted by Crippen LogP contribution is -2.34. The van der Waals surface area contributed by atoms with Crippen LogP contribution in [0.2, 0.25) is 0 Å². The first-order valence-electron chi connectivity index (χ1n) is 6.50. The summed E-state index contributed by atoms with van der Waals surface area (Å²) in [5, 5.41) is 0. The fourth-order valence-electron chi connectivity index (χ4n) is 2.42. The summed E-state index contributed by atoms with van der Waals surface area (Å²) >= 11 is 3.56. The Morgan fingerprint density at radius 1 is 1.47 bits per heavy atom. The minimum absolute atomic E-state index is 0.0843. The summed E-state index contributed by atoms with van der Waals surface area (Å²) in [7, 11) is 1.86. The van der Waals surface area contributed by atoms with Crippen molar-refractivity contribution in [2.45, 2.75) is 13.0 Å². The van der Waals surface area contributed by atoms with Crippen molar-refractivity contribution in [2.75, 3.05) is 26.7 Å². The lowest BCUT2D eigenvalue weighted by molar-refractivity contribution is 0.191. The maximum Gasteiger partial charge on any atom is 0.320 e. The van der Waals surface area contributed by atoms with Crippen LogP contribution in [-0.4, -0.2) is 42.5 Å². The normalized spacial score (nSPS) is 21.1. The molecule has 0 radical (unpaired) electrons. The van der Waals surface area contributed by atoms with Gasteiger partial charge in [0, 0.05) is 24.6 Å². The molecule has 2 atom stereocenters. The van der Waals surface area contributed by atoms with Crippen LogP contribution in [0.15, 0.2) is 28.7 Å². The van der Waals surface area contributed by atoms with E-state index in [1.165, 1.54) is 0 Å². The number of rotatable bonds is 4. The van der Waals surface area contributed by atoms with Gasteiger partial charge in [-0.2, -0.15) is 0 Å². The van der Waals surface area contributed by atoms with E-state index in [-0.39, 0.29) is 12.1 Å². The molecule has 0 spiro atoms. The summed E-state index contributed by atoms with van der Waals surface area (Å²) in [6, 6.07) is 8.25. The van der Waals surface area contributed by atoms with Gasteiger partial charge in [0.25, 0.3) is 0 Å². The number of carbonyl (C=O) groups excluding carboxylic acids is 1. The number of carbonyl (C=O) groups is 1. The van der Waals surface area contributed by atoms with Crippen LogP contribution in [0.25, 0.3) is 0 Å². The summed E-state index contributed by atoms with van der Waals surface area (Å²) in [6.07, 6.45) is 0. The topological polar surface area (TPSA) is 49.6 Å². The van der Waals surface area contributed by atoms with Crippen molar-refractivity contribution in [3.05, 3.63) is 34.3 Å². The van der Waals surface area contributed by atoms with E-state index in [9.17, 15) is 4.79 Å². The van der Waals surface area contributed by atoms with Crippen LogP contribution in [-0.2, 0) is 0 Å². The Hall–Kier alpha value is -1.07. The number of halogens is 1. The third kappa shape index (κ3) is 2.92. The van der Waals surface area contributed by atoms with Gasteiger partial charge in [-0.15, -0.1) is 0 Å². The Labute approximate surface area is 122 Å². The van der Waals surface area contributed by atoms with E-state index in [0.717, 1.165) is 23.1 Å². The fourth-order valence-corrected chi connectivity index (χ4v) is 2.97.